The largest absolute Gasteiger partial charge is 0.477 e. The Bertz CT molecular complexity index is 3060. The van der Waals surface area contributed by atoms with Crippen LogP contribution in [-0.2, 0) is 38.1 Å². The molecule has 4 amide bonds. The Kier molecular flexibility index (Phi) is 25.8. The topological polar surface area (TPSA) is 408 Å². The first-order valence-corrected chi connectivity index (χ1v) is 31.4. The number of benzene rings is 4. The highest BCUT2D eigenvalue weighted by molar-refractivity contribution is 7.99. The highest BCUT2D eigenvalue weighted by Crippen LogP contribution is 2.36. The first kappa shape index (κ1) is 70.1. The zero-order valence-electron chi connectivity index (χ0n) is 49.4. The van der Waals surface area contributed by atoms with Crippen LogP contribution in [0.25, 0.3) is 22.3 Å². The number of aliphatic hydroxyl groups is 6. The van der Waals surface area contributed by atoms with Crippen molar-refractivity contribution in [1.82, 2.24) is 21.3 Å². The van der Waals surface area contributed by atoms with E-state index in [4.69, 9.17) is 18.9 Å². The van der Waals surface area contributed by atoms with Crippen LogP contribution < -0.4 is 42.8 Å². The molecule has 2 aliphatic rings. The number of ether oxygens (including phenoxy) is 4. The van der Waals surface area contributed by atoms with Crippen molar-refractivity contribution in [2.75, 3.05) is 73.0 Å². The van der Waals surface area contributed by atoms with Gasteiger partial charge in [-0.1, -0.05) is 84.9 Å². The minimum absolute atomic E-state index is 0.106. The van der Waals surface area contributed by atoms with Gasteiger partial charge in [-0.3, -0.25) is 28.8 Å². The lowest BCUT2D eigenvalue weighted by Gasteiger charge is -2.46. The van der Waals surface area contributed by atoms with Gasteiger partial charge in [0, 0.05) is 75.5 Å². The van der Waals surface area contributed by atoms with Crippen LogP contribution in [0.2, 0.25) is 0 Å². The number of nitrogens with one attached hydrogen (secondary N) is 6. The van der Waals surface area contributed by atoms with Gasteiger partial charge in [0.1, 0.15) is 35.8 Å². The highest BCUT2D eigenvalue weighted by atomic mass is 32.2. The van der Waals surface area contributed by atoms with Gasteiger partial charge in [-0.25, -0.2) is 9.59 Å². The third-order valence-corrected chi connectivity index (χ3v) is 17.1. The molecule has 28 heteroatoms. The number of hydrogen-bond acceptors (Lipinski definition) is 22. The van der Waals surface area contributed by atoms with Gasteiger partial charge in [0.05, 0.1) is 49.7 Å². The maximum atomic E-state index is 13.0. The number of anilines is 2. The Labute approximate surface area is 526 Å². The maximum Gasteiger partial charge on any atom is 0.364 e. The molecule has 14 N–H and O–H groups in total. The number of carbonyl (C=O) groups excluding carboxylic acids is 4. The Balaban J connectivity index is 0.801. The van der Waals surface area contributed by atoms with Gasteiger partial charge in [0.25, 0.3) is 34.2 Å². The molecule has 2 saturated heterocycles. The fourth-order valence-corrected chi connectivity index (χ4v) is 11.8. The number of rotatable bonds is 34. The molecule has 2 aliphatic heterocycles. The van der Waals surface area contributed by atoms with E-state index >= 15 is 0 Å². The van der Waals surface area contributed by atoms with Gasteiger partial charge < -0.3 is 91.7 Å². The maximum absolute atomic E-state index is 13.0. The van der Waals surface area contributed by atoms with Crippen LogP contribution in [-0.4, -0.2) is 211 Å². The number of aliphatic carboxylic acids is 2. The van der Waals surface area contributed by atoms with Crippen molar-refractivity contribution in [1.29, 1.82) is 0 Å². The van der Waals surface area contributed by atoms with E-state index in [1.54, 1.807) is 48.5 Å². The highest BCUT2D eigenvalue weighted by Gasteiger charge is 2.57. The molecule has 2 unspecified atom stereocenters. The Hall–Kier alpha value is -7.32. The van der Waals surface area contributed by atoms with Gasteiger partial charge in [-0.05, 0) is 70.9 Å². The summed E-state index contributed by atoms with van der Waals surface area (Å²) in [5.74, 6) is -9.02. The minimum Gasteiger partial charge on any atom is -0.477 e. The average molecular weight is 1290 g/mol. The molecular weight excluding hydrogens is 1210 g/mol. The number of aliphatic hydroxyl groups excluding tert-OH is 6. The van der Waals surface area contributed by atoms with E-state index < -0.39 is 145 Å². The van der Waals surface area contributed by atoms with E-state index in [9.17, 15) is 79.2 Å². The van der Waals surface area contributed by atoms with Gasteiger partial charge in [0.15, 0.2) is 0 Å². The van der Waals surface area contributed by atoms with Crippen molar-refractivity contribution < 1.29 is 88.6 Å². The predicted molar refractivity (Wildman–Crippen MR) is 334 cm³/mol. The van der Waals surface area contributed by atoms with Crippen molar-refractivity contribution >= 4 is 70.5 Å². The van der Waals surface area contributed by atoms with Crippen molar-refractivity contribution in [2.45, 2.75) is 112 Å². The lowest BCUT2D eigenvalue weighted by atomic mass is 9.88. The van der Waals surface area contributed by atoms with Crippen LogP contribution in [0, 0.1) is 0 Å². The monoisotopic (exact) mass is 1290 g/mol. The van der Waals surface area contributed by atoms with E-state index in [2.05, 4.69) is 31.9 Å². The van der Waals surface area contributed by atoms with E-state index in [-0.39, 0.29) is 61.6 Å². The summed E-state index contributed by atoms with van der Waals surface area (Å²) >= 11 is 2.81. The first-order valence-electron chi connectivity index (χ1n) is 29.1. The van der Waals surface area contributed by atoms with Crippen LogP contribution in [0.5, 0.6) is 0 Å². The number of carboxylic acids is 2. The SMILES string of the molecule is CC(=O)N[C@H]1C([C@H](O)[C@H](O)CNC(=O)c2ccc(-c3ccccc3)cc2)O[C@@](OCCCSCCNc2c(NCCSCCCO[C@]3(C(=O)O)C[C@H](O)[C@@H](NC(C)=O)C([C@H](O)[C@H](O)CNC(=O)c4ccc(-c5ccccc5)cc4)O3)c(=O)c2=O)(C(=O)O)C[C@@H]1O. The molecular formula is C62H76N6O20S2. The fourth-order valence-electron chi connectivity index (χ4n) is 10.3. The molecule has 0 radical (unpaired) electrons. The van der Waals surface area contributed by atoms with E-state index in [0.29, 0.717) is 23.0 Å². The molecule has 2 fully saturated rings. The summed E-state index contributed by atoms with van der Waals surface area (Å²) in [6, 6.07) is 29.5. The van der Waals surface area contributed by atoms with Gasteiger partial charge >= 0.3 is 11.9 Å². The second-order valence-corrected chi connectivity index (χ2v) is 24.0. The molecule has 0 aliphatic carbocycles. The van der Waals surface area contributed by atoms with Crippen LogP contribution in [0.15, 0.2) is 119 Å². The first-order chi connectivity index (χ1) is 43.0. The molecule has 0 spiro atoms. The standard InChI is InChI=1S/C62H76N6O20S2/c1-35(69)67-47-43(71)31-61(59(81)82,87-55(47)51(75)45(73)33-65-57(79)41-19-15-39(16-20-41)37-11-5-3-6-12-37)85-25-9-27-89-29-23-63-49-50(54(78)53(49)77)64-24-30-90-28-10-26-86-62(60(83)84)32-44(72)48(68-36(2)70)56(88-62)52(76)46(74)34-66-58(80)42-21-17-40(18-22-42)38-13-7-4-8-14-38/h3-8,11-22,43-48,51-52,55-56,63-64,71-76H,9-10,23-34H2,1-2H3,(H,65,79)(H,66,80)(H,67,69)(H,68,70)(H,81,82)(H,83,84)/t43-,44-,45+,46+,47+,48+,51+,52+,55?,56?,61+,62+/m0/s1. The molecule has 2 heterocycles. The second-order valence-electron chi connectivity index (χ2n) is 21.6. The number of carboxylic acid groups (broad SMARTS) is 2. The molecule has 5 aromatic carbocycles. The van der Waals surface area contributed by atoms with Crippen LogP contribution >= 0.6 is 23.5 Å². The number of amides is 4. The smallest absolute Gasteiger partial charge is 0.364 e. The lowest BCUT2D eigenvalue weighted by Crippen LogP contribution is -2.68. The number of hydrogen-bond donors (Lipinski definition) is 14. The minimum atomic E-state index is -2.51. The van der Waals surface area contributed by atoms with Gasteiger partial charge in [0.2, 0.25) is 11.8 Å². The van der Waals surface area contributed by atoms with E-state index in [1.807, 2.05) is 60.7 Å². The Morgan fingerprint density at radius 2 is 0.878 bits per heavy atom. The van der Waals surface area contributed by atoms with Crippen molar-refractivity contribution in [3.05, 3.63) is 141 Å². The number of thioether (sulfide) groups is 2. The molecule has 0 aromatic heterocycles. The fraction of sp³-hybridized carbons (Fsp3) is 0.452. The molecule has 486 valence electrons. The zero-order valence-corrected chi connectivity index (χ0v) is 51.0. The molecule has 5 aromatic rings. The summed E-state index contributed by atoms with van der Waals surface area (Å²) in [6.07, 6.45) is -14.9. The summed E-state index contributed by atoms with van der Waals surface area (Å²) in [6.45, 7) is 1.36. The molecule has 7 rings (SSSR count). The molecule has 12 atom stereocenters. The van der Waals surface area contributed by atoms with Crippen molar-refractivity contribution in [3.63, 3.8) is 0 Å². The second kappa shape index (κ2) is 33.1. The quantitative estimate of drug-likeness (QED) is 0.0201. The van der Waals surface area contributed by atoms with Crippen molar-refractivity contribution in [3.8, 4) is 22.3 Å². The molecule has 0 saturated carbocycles. The van der Waals surface area contributed by atoms with E-state index in [0.717, 1.165) is 36.1 Å². The van der Waals surface area contributed by atoms with E-state index in [1.165, 1.54) is 23.5 Å². The summed E-state index contributed by atoms with van der Waals surface area (Å²) < 4.78 is 23.2. The van der Waals surface area contributed by atoms with Gasteiger partial charge in [-0.15, -0.1) is 0 Å². The summed E-state index contributed by atoms with van der Waals surface area (Å²) in [4.78, 5) is 101. The summed E-state index contributed by atoms with van der Waals surface area (Å²) in [7, 11) is 0. The average Bonchev–Trinajstić information content (AvgIpc) is 0.868. The van der Waals surface area contributed by atoms with Crippen molar-refractivity contribution in [2.24, 2.45) is 0 Å². The molecule has 26 nitrogen and oxygen atoms in total. The summed E-state index contributed by atoms with van der Waals surface area (Å²) in [5, 5.41) is 104. The molecule has 90 heavy (non-hydrogen) atoms. The van der Waals surface area contributed by atoms with Crippen LogP contribution in [0.4, 0.5) is 11.4 Å². The lowest BCUT2D eigenvalue weighted by molar-refractivity contribution is -0.310. The van der Waals surface area contributed by atoms with Crippen LogP contribution in [0.1, 0.15) is 60.2 Å². The Morgan fingerprint density at radius 3 is 1.21 bits per heavy atom. The van der Waals surface area contributed by atoms with Gasteiger partial charge in [-0.2, -0.15) is 23.5 Å². The third-order valence-electron chi connectivity index (χ3n) is 15.0. The number of carbonyl (C=O) groups is 6. The molecule has 0 bridgehead atoms. The Morgan fingerprint density at radius 1 is 0.533 bits per heavy atom. The zero-order chi connectivity index (χ0) is 65.1. The third kappa shape index (κ3) is 18.4. The normalized spacial score (nSPS) is 22.9. The summed E-state index contributed by atoms with van der Waals surface area (Å²) in [5.41, 5.74) is 2.94. The predicted octanol–water partition coefficient (Wildman–Crippen LogP) is 0.895. The van der Waals surface area contributed by atoms with Crippen LogP contribution in [0.3, 0.4) is 0 Å².